The highest BCUT2D eigenvalue weighted by atomic mass is 16.3. The normalized spacial score (nSPS) is 15.9. The summed E-state index contributed by atoms with van der Waals surface area (Å²) in [5.41, 5.74) is 4.93. The minimum Gasteiger partial charge on any atom is -0.394 e. The highest BCUT2D eigenvalue weighted by Gasteiger charge is 2.27. The molecule has 1 saturated carbocycles. The van der Waals surface area contributed by atoms with Gasteiger partial charge in [0.1, 0.15) is 0 Å². The van der Waals surface area contributed by atoms with Crippen LogP contribution in [0, 0.1) is 6.92 Å². The molecule has 0 amide bonds. The summed E-state index contributed by atoms with van der Waals surface area (Å²) in [6, 6.07) is 16.7. The van der Waals surface area contributed by atoms with Crippen LogP contribution in [0.4, 0.5) is 5.69 Å². The molecule has 2 N–H and O–H groups in total. The minimum absolute atomic E-state index is 0.0344. The predicted octanol–water partition coefficient (Wildman–Crippen LogP) is 4.02. The number of hydrogen-bond donors (Lipinski definition) is 2. The second-order valence-electron chi connectivity index (χ2n) is 5.60. The first-order valence-electron chi connectivity index (χ1n) is 7.31. The van der Waals surface area contributed by atoms with Crippen LogP contribution in [0.1, 0.15) is 41.5 Å². The van der Waals surface area contributed by atoms with Gasteiger partial charge in [-0.25, -0.2) is 0 Å². The average molecular weight is 267 g/mol. The molecule has 0 saturated heterocycles. The molecule has 0 heterocycles. The van der Waals surface area contributed by atoms with Gasteiger partial charge in [0.05, 0.1) is 12.6 Å². The van der Waals surface area contributed by atoms with Gasteiger partial charge in [0.2, 0.25) is 0 Å². The van der Waals surface area contributed by atoms with Gasteiger partial charge in [0.15, 0.2) is 0 Å². The molecule has 1 atom stereocenters. The third kappa shape index (κ3) is 2.70. The van der Waals surface area contributed by atoms with E-state index in [4.69, 9.17) is 0 Å². The van der Waals surface area contributed by atoms with Crippen LogP contribution in [0.15, 0.2) is 48.5 Å². The number of para-hydroxylation sites is 1. The van der Waals surface area contributed by atoms with E-state index >= 15 is 0 Å². The van der Waals surface area contributed by atoms with Gasteiger partial charge in [-0.15, -0.1) is 0 Å². The minimum atomic E-state index is -0.0344. The van der Waals surface area contributed by atoms with E-state index in [-0.39, 0.29) is 12.6 Å². The Kier molecular flexibility index (Phi) is 3.75. The maximum atomic E-state index is 9.80. The lowest BCUT2D eigenvalue weighted by Crippen LogP contribution is -2.17. The standard InChI is InChI=1S/C18H21NO/c1-13-6-2-5-9-17(13)19-18(12-20)16-8-4-3-7-15(16)14-10-11-14/h2-9,14,18-20H,10-12H2,1H3. The van der Waals surface area contributed by atoms with Crippen LogP contribution >= 0.6 is 0 Å². The summed E-state index contributed by atoms with van der Waals surface area (Å²) >= 11 is 0. The van der Waals surface area contributed by atoms with Crippen molar-refractivity contribution in [3.05, 3.63) is 65.2 Å². The Labute approximate surface area is 120 Å². The van der Waals surface area contributed by atoms with E-state index in [1.54, 1.807) is 0 Å². The van der Waals surface area contributed by atoms with Crippen molar-refractivity contribution < 1.29 is 5.11 Å². The van der Waals surface area contributed by atoms with Crippen LogP contribution in [0.2, 0.25) is 0 Å². The number of anilines is 1. The van der Waals surface area contributed by atoms with Crippen molar-refractivity contribution in [1.29, 1.82) is 0 Å². The fourth-order valence-corrected chi connectivity index (χ4v) is 2.74. The second-order valence-corrected chi connectivity index (χ2v) is 5.60. The molecule has 1 fully saturated rings. The lowest BCUT2D eigenvalue weighted by Gasteiger charge is -2.22. The van der Waals surface area contributed by atoms with Crippen molar-refractivity contribution in [3.63, 3.8) is 0 Å². The molecule has 3 rings (SSSR count). The first-order valence-corrected chi connectivity index (χ1v) is 7.31. The number of rotatable bonds is 5. The van der Waals surface area contributed by atoms with Crippen LogP contribution in [-0.2, 0) is 0 Å². The summed E-state index contributed by atoms with van der Waals surface area (Å²) in [6.07, 6.45) is 2.55. The van der Waals surface area contributed by atoms with E-state index in [0.717, 1.165) is 5.69 Å². The van der Waals surface area contributed by atoms with E-state index in [2.05, 4.69) is 48.6 Å². The molecule has 1 unspecified atom stereocenters. The van der Waals surface area contributed by atoms with E-state index in [1.165, 1.54) is 29.5 Å². The molecule has 0 aliphatic heterocycles. The zero-order valence-electron chi connectivity index (χ0n) is 11.8. The lowest BCUT2D eigenvalue weighted by molar-refractivity contribution is 0.276. The number of hydrogen-bond acceptors (Lipinski definition) is 2. The molecule has 0 bridgehead atoms. The van der Waals surface area contributed by atoms with Crippen molar-refractivity contribution in [2.24, 2.45) is 0 Å². The Balaban J connectivity index is 1.89. The Morgan fingerprint density at radius 1 is 1.10 bits per heavy atom. The fraction of sp³-hybridized carbons (Fsp3) is 0.333. The quantitative estimate of drug-likeness (QED) is 0.857. The van der Waals surface area contributed by atoms with E-state index < -0.39 is 0 Å². The summed E-state index contributed by atoms with van der Waals surface area (Å²) in [7, 11) is 0. The third-order valence-corrected chi connectivity index (χ3v) is 4.05. The number of aliphatic hydroxyl groups excluding tert-OH is 1. The average Bonchev–Trinajstić information content (AvgIpc) is 3.31. The first kappa shape index (κ1) is 13.2. The number of aliphatic hydroxyl groups is 1. The summed E-state index contributed by atoms with van der Waals surface area (Å²) in [5.74, 6) is 0.693. The van der Waals surface area contributed by atoms with Crippen molar-refractivity contribution >= 4 is 5.69 Å². The molecule has 1 aliphatic rings. The second kappa shape index (κ2) is 5.68. The molecule has 0 aromatic heterocycles. The highest BCUT2D eigenvalue weighted by Crippen LogP contribution is 2.43. The van der Waals surface area contributed by atoms with Gasteiger partial charge in [-0.3, -0.25) is 0 Å². The van der Waals surface area contributed by atoms with Crippen molar-refractivity contribution in [1.82, 2.24) is 0 Å². The van der Waals surface area contributed by atoms with Crippen LogP contribution in [0.3, 0.4) is 0 Å². The third-order valence-electron chi connectivity index (χ3n) is 4.05. The zero-order valence-corrected chi connectivity index (χ0v) is 11.8. The van der Waals surface area contributed by atoms with Gasteiger partial charge in [-0.2, -0.15) is 0 Å². The van der Waals surface area contributed by atoms with Gasteiger partial charge in [0.25, 0.3) is 0 Å². The van der Waals surface area contributed by atoms with Crippen molar-refractivity contribution in [3.8, 4) is 0 Å². The molecular weight excluding hydrogens is 246 g/mol. The molecule has 2 nitrogen and oxygen atoms in total. The maximum Gasteiger partial charge on any atom is 0.0747 e. The number of benzene rings is 2. The monoisotopic (exact) mass is 267 g/mol. The summed E-state index contributed by atoms with van der Waals surface area (Å²) in [4.78, 5) is 0. The highest BCUT2D eigenvalue weighted by molar-refractivity contribution is 5.53. The van der Waals surface area contributed by atoms with Crippen LogP contribution in [0.25, 0.3) is 0 Å². The summed E-state index contributed by atoms with van der Waals surface area (Å²) in [6.45, 7) is 2.20. The predicted molar refractivity (Wildman–Crippen MR) is 83.0 cm³/mol. The molecule has 0 spiro atoms. The van der Waals surface area contributed by atoms with Gasteiger partial charge in [0, 0.05) is 5.69 Å². The maximum absolute atomic E-state index is 9.80. The number of nitrogens with one attached hydrogen (secondary N) is 1. The molecule has 2 heteroatoms. The molecule has 104 valence electrons. The molecule has 2 aromatic rings. The molecular formula is C18H21NO. The molecule has 2 aromatic carbocycles. The van der Waals surface area contributed by atoms with Gasteiger partial charge in [-0.05, 0) is 48.4 Å². The first-order chi connectivity index (χ1) is 9.79. The number of aryl methyl sites for hydroxylation is 1. The SMILES string of the molecule is Cc1ccccc1NC(CO)c1ccccc1C1CC1. The van der Waals surface area contributed by atoms with Gasteiger partial charge >= 0.3 is 0 Å². The largest absolute Gasteiger partial charge is 0.394 e. The topological polar surface area (TPSA) is 32.3 Å². The molecule has 1 aliphatic carbocycles. The Morgan fingerprint density at radius 3 is 2.50 bits per heavy atom. The lowest BCUT2D eigenvalue weighted by atomic mass is 9.97. The van der Waals surface area contributed by atoms with Gasteiger partial charge < -0.3 is 10.4 Å². The zero-order chi connectivity index (χ0) is 13.9. The van der Waals surface area contributed by atoms with Crippen LogP contribution in [-0.4, -0.2) is 11.7 Å². The fourth-order valence-electron chi connectivity index (χ4n) is 2.74. The summed E-state index contributed by atoms with van der Waals surface area (Å²) < 4.78 is 0. The Hall–Kier alpha value is -1.80. The molecule has 20 heavy (non-hydrogen) atoms. The van der Waals surface area contributed by atoms with Gasteiger partial charge in [-0.1, -0.05) is 42.5 Å². The Bertz CT molecular complexity index is 589. The van der Waals surface area contributed by atoms with Crippen LogP contribution in [0.5, 0.6) is 0 Å². The van der Waals surface area contributed by atoms with Crippen LogP contribution < -0.4 is 5.32 Å². The Morgan fingerprint density at radius 2 is 1.80 bits per heavy atom. The van der Waals surface area contributed by atoms with E-state index in [0.29, 0.717) is 5.92 Å². The summed E-state index contributed by atoms with van der Waals surface area (Å²) in [5, 5.41) is 13.3. The van der Waals surface area contributed by atoms with E-state index in [1.807, 2.05) is 12.1 Å². The van der Waals surface area contributed by atoms with Crippen molar-refractivity contribution in [2.45, 2.75) is 31.7 Å². The smallest absolute Gasteiger partial charge is 0.0747 e. The molecule has 0 radical (unpaired) electrons. The van der Waals surface area contributed by atoms with Crippen molar-refractivity contribution in [2.75, 3.05) is 11.9 Å². The van der Waals surface area contributed by atoms with E-state index in [9.17, 15) is 5.11 Å².